The number of rotatable bonds is 4. The van der Waals surface area contributed by atoms with Crippen LogP contribution in [-0.2, 0) is 26.0 Å². The first-order chi connectivity index (χ1) is 10.9. The van der Waals surface area contributed by atoms with Crippen LogP contribution in [0.1, 0.15) is 18.9 Å². The summed E-state index contributed by atoms with van der Waals surface area (Å²) < 4.78 is 89.0. The molecule has 0 amide bonds. The van der Waals surface area contributed by atoms with Gasteiger partial charge in [0.05, 0.1) is 22.0 Å². The van der Waals surface area contributed by atoms with Crippen LogP contribution in [0.3, 0.4) is 0 Å². The zero-order valence-corrected chi connectivity index (χ0v) is 14.9. The van der Waals surface area contributed by atoms with Gasteiger partial charge in [-0.15, -0.1) is 0 Å². The third kappa shape index (κ3) is 3.87. The van der Waals surface area contributed by atoms with Gasteiger partial charge >= 0.3 is 6.18 Å². The summed E-state index contributed by atoms with van der Waals surface area (Å²) in [6.07, 6.45) is -4.85. The Hall–Kier alpha value is -0.840. The van der Waals surface area contributed by atoms with Crippen LogP contribution < -0.4 is 0 Å². The lowest BCUT2D eigenvalue weighted by Crippen LogP contribution is -2.41. The molecule has 1 aliphatic heterocycles. The summed E-state index contributed by atoms with van der Waals surface area (Å²) in [7, 11) is -7.91. The van der Waals surface area contributed by atoms with E-state index in [2.05, 4.69) is 0 Å². The zero-order chi connectivity index (χ0) is 18.3. The average molecular weight is 406 g/mol. The predicted octanol–water partition coefficient (Wildman–Crippen LogP) is 2.56. The molecule has 11 heteroatoms. The summed E-state index contributed by atoms with van der Waals surface area (Å²) in [5.41, 5.74) is -1.37. The van der Waals surface area contributed by atoms with E-state index in [0.717, 1.165) is 16.4 Å². The fraction of sp³-hybridized carbons (Fsp3) is 0.538. The molecule has 24 heavy (non-hydrogen) atoms. The molecule has 1 aliphatic rings. The maximum atomic E-state index is 13.2. The van der Waals surface area contributed by atoms with Gasteiger partial charge in [-0.05, 0) is 24.6 Å². The van der Waals surface area contributed by atoms with Crippen LogP contribution in [0.4, 0.5) is 13.2 Å². The summed E-state index contributed by atoms with van der Waals surface area (Å²) in [6, 6.07) is 1.53. The third-order valence-electron chi connectivity index (χ3n) is 3.76. The molecule has 0 spiro atoms. The van der Waals surface area contributed by atoms with Crippen molar-refractivity contribution in [3.8, 4) is 0 Å². The highest BCUT2D eigenvalue weighted by Crippen LogP contribution is 2.37. The van der Waals surface area contributed by atoms with Crippen LogP contribution in [0, 0.1) is 0 Å². The van der Waals surface area contributed by atoms with E-state index in [0.29, 0.717) is 6.07 Å². The number of alkyl halides is 3. The molecule has 0 N–H and O–H groups in total. The van der Waals surface area contributed by atoms with E-state index in [1.807, 2.05) is 0 Å². The van der Waals surface area contributed by atoms with E-state index in [9.17, 15) is 30.0 Å². The Bertz CT molecular complexity index is 837. The second-order valence-corrected chi connectivity index (χ2v) is 9.93. The van der Waals surface area contributed by atoms with Gasteiger partial charge < -0.3 is 0 Å². The SMILES string of the molecule is CCN([C@H]1CCS(=O)(=O)C1)S(=O)(=O)c1ccc(Cl)cc1C(F)(F)F. The first-order valence-electron chi connectivity index (χ1n) is 6.97. The molecule has 1 atom stereocenters. The van der Waals surface area contributed by atoms with Crippen LogP contribution in [0.2, 0.25) is 5.02 Å². The Kier molecular flexibility index (Phi) is 5.25. The Labute approximate surface area is 143 Å². The molecule has 0 aliphatic carbocycles. The summed E-state index contributed by atoms with van der Waals surface area (Å²) in [5, 5.41) is -0.243. The molecule has 0 saturated carbocycles. The molecular weight excluding hydrogens is 391 g/mol. The Balaban J connectivity index is 2.54. The molecule has 1 aromatic carbocycles. The largest absolute Gasteiger partial charge is 0.417 e. The molecule has 0 unspecified atom stereocenters. The highest BCUT2D eigenvalue weighted by molar-refractivity contribution is 7.92. The van der Waals surface area contributed by atoms with Crippen molar-refractivity contribution < 1.29 is 30.0 Å². The van der Waals surface area contributed by atoms with Gasteiger partial charge in [-0.2, -0.15) is 17.5 Å². The minimum atomic E-state index is -4.91. The number of hydrogen-bond donors (Lipinski definition) is 0. The molecule has 0 bridgehead atoms. The summed E-state index contributed by atoms with van der Waals surface area (Å²) in [5.74, 6) is -0.578. The standard InChI is InChI=1S/C13H15ClF3NO4S2/c1-2-18(10-5-6-23(19,20)8-10)24(21,22)12-4-3-9(14)7-11(12)13(15,16)17/h3-4,7,10H,2,5-6,8H2,1H3/t10-/m0/s1. The first-order valence-corrected chi connectivity index (χ1v) is 10.6. The number of sulfone groups is 1. The van der Waals surface area contributed by atoms with Gasteiger partial charge in [0.25, 0.3) is 0 Å². The topological polar surface area (TPSA) is 71.5 Å². The van der Waals surface area contributed by atoms with Crippen LogP contribution in [0.25, 0.3) is 0 Å². The van der Waals surface area contributed by atoms with E-state index in [1.165, 1.54) is 6.92 Å². The number of benzene rings is 1. The quantitative estimate of drug-likeness (QED) is 0.771. The van der Waals surface area contributed by atoms with Gasteiger partial charge in [-0.3, -0.25) is 0 Å². The molecular formula is C13H15ClF3NO4S2. The van der Waals surface area contributed by atoms with Gasteiger partial charge in [0.15, 0.2) is 9.84 Å². The van der Waals surface area contributed by atoms with Crippen molar-refractivity contribution in [1.82, 2.24) is 4.31 Å². The van der Waals surface area contributed by atoms with E-state index in [-0.39, 0.29) is 23.7 Å². The normalized spacial score (nSPS) is 21.3. The molecule has 0 radical (unpaired) electrons. The van der Waals surface area contributed by atoms with Crippen molar-refractivity contribution in [1.29, 1.82) is 0 Å². The molecule has 1 fully saturated rings. The van der Waals surface area contributed by atoms with Gasteiger partial charge in [-0.1, -0.05) is 18.5 Å². The van der Waals surface area contributed by atoms with Crippen LogP contribution in [-0.4, -0.2) is 45.2 Å². The number of halogens is 4. The maximum absolute atomic E-state index is 13.2. The lowest BCUT2D eigenvalue weighted by atomic mass is 10.2. The van der Waals surface area contributed by atoms with Crippen molar-refractivity contribution in [2.45, 2.75) is 30.5 Å². The van der Waals surface area contributed by atoms with Crippen LogP contribution in [0.5, 0.6) is 0 Å². The van der Waals surface area contributed by atoms with Gasteiger partial charge in [0.2, 0.25) is 10.0 Å². The second kappa shape index (κ2) is 6.47. The molecule has 1 heterocycles. The maximum Gasteiger partial charge on any atom is 0.417 e. The van der Waals surface area contributed by atoms with Crippen LogP contribution >= 0.6 is 11.6 Å². The fourth-order valence-corrected chi connectivity index (χ4v) is 6.56. The summed E-state index contributed by atoms with van der Waals surface area (Å²) >= 11 is 5.56. The lowest BCUT2D eigenvalue weighted by molar-refractivity contribution is -0.139. The number of hydrogen-bond acceptors (Lipinski definition) is 4. The lowest BCUT2D eigenvalue weighted by Gasteiger charge is -2.27. The highest BCUT2D eigenvalue weighted by Gasteiger charge is 2.42. The molecule has 1 saturated heterocycles. The van der Waals surface area contributed by atoms with Crippen molar-refractivity contribution in [2.24, 2.45) is 0 Å². The molecule has 136 valence electrons. The number of sulfonamides is 1. The molecule has 1 aromatic rings. The summed E-state index contributed by atoms with van der Waals surface area (Å²) in [6.45, 7) is 1.31. The highest BCUT2D eigenvalue weighted by atomic mass is 35.5. The van der Waals surface area contributed by atoms with E-state index < -0.39 is 48.3 Å². The Morgan fingerprint density at radius 1 is 1.33 bits per heavy atom. The molecule has 0 aromatic heterocycles. The van der Waals surface area contributed by atoms with Gasteiger partial charge in [0, 0.05) is 17.6 Å². The van der Waals surface area contributed by atoms with E-state index in [4.69, 9.17) is 11.6 Å². The smallest absolute Gasteiger partial charge is 0.229 e. The van der Waals surface area contributed by atoms with Crippen LogP contribution in [0.15, 0.2) is 23.1 Å². The van der Waals surface area contributed by atoms with Gasteiger partial charge in [-0.25, -0.2) is 16.8 Å². The van der Waals surface area contributed by atoms with Crippen molar-refractivity contribution >= 4 is 31.5 Å². The zero-order valence-electron chi connectivity index (χ0n) is 12.5. The van der Waals surface area contributed by atoms with Gasteiger partial charge in [0.1, 0.15) is 0 Å². The fourth-order valence-electron chi connectivity index (χ4n) is 2.70. The van der Waals surface area contributed by atoms with Crippen molar-refractivity contribution in [3.63, 3.8) is 0 Å². The minimum Gasteiger partial charge on any atom is -0.229 e. The third-order valence-corrected chi connectivity index (χ3v) is 7.83. The Morgan fingerprint density at radius 3 is 2.42 bits per heavy atom. The van der Waals surface area contributed by atoms with Crippen molar-refractivity contribution in [3.05, 3.63) is 28.8 Å². The first kappa shape index (κ1) is 19.5. The Morgan fingerprint density at radius 2 is 1.96 bits per heavy atom. The molecule has 2 rings (SSSR count). The van der Waals surface area contributed by atoms with Crippen molar-refractivity contribution in [2.75, 3.05) is 18.1 Å². The molecule has 5 nitrogen and oxygen atoms in total. The number of nitrogens with zero attached hydrogens (tertiary/aromatic N) is 1. The van der Waals surface area contributed by atoms with E-state index >= 15 is 0 Å². The monoisotopic (exact) mass is 405 g/mol. The summed E-state index contributed by atoms with van der Waals surface area (Å²) in [4.78, 5) is -0.925. The van der Waals surface area contributed by atoms with E-state index in [1.54, 1.807) is 0 Å². The predicted molar refractivity (Wildman–Crippen MR) is 83.1 cm³/mol. The average Bonchev–Trinajstić information content (AvgIpc) is 2.78. The second-order valence-electron chi connectivity index (χ2n) is 5.40. The minimum absolute atomic E-state index is 0.0599.